The van der Waals surface area contributed by atoms with E-state index in [1.807, 2.05) is 12.1 Å². The van der Waals surface area contributed by atoms with Gasteiger partial charge in [-0.3, -0.25) is 4.90 Å². The monoisotopic (exact) mass is 383 g/mol. The molecular weight excluding hydrogens is 363 g/mol. The van der Waals surface area contributed by atoms with Gasteiger partial charge in [-0.2, -0.15) is 13.2 Å². The van der Waals surface area contributed by atoms with Crippen LogP contribution in [0.4, 0.5) is 13.2 Å². The number of alkyl halides is 3. The Morgan fingerprint density at radius 3 is 2.50 bits per heavy atom. The van der Waals surface area contributed by atoms with Gasteiger partial charge in [0.05, 0.1) is 20.6 Å². The zero-order valence-corrected chi connectivity index (χ0v) is 15.5. The lowest BCUT2D eigenvalue weighted by Crippen LogP contribution is -2.39. The van der Waals surface area contributed by atoms with Crippen LogP contribution >= 0.6 is 11.3 Å². The first-order chi connectivity index (χ1) is 12.4. The third-order valence-corrected chi connectivity index (χ3v) is 6.45. The quantitative estimate of drug-likeness (QED) is 0.778. The van der Waals surface area contributed by atoms with E-state index in [1.54, 1.807) is 20.3 Å². The molecule has 7 heteroatoms. The Kier molecular flexibility index (Phi) is 4.39. The van der Waals surface area contributed by atoms with E-state index >= 15 is 0 Å². The lowest BCUT2D eigenvalue weighted by atomic mass is 9.86. The Morgan fingerprint density at radius 2 is 1.85 bits per heavy atom. The Morgan fingerprint density at radius 1 is 1.15 bits per heavy atom. The van der Waals surface area contributed by atoms with E-state index in [9.17, 15) is 13.2 Å². The van der Waals surface area contributed by atoms with Crippen molar-refractivity contribution in [3.63, 3.8) is 0 Å². The number of rotatable bonds is 3. The van der Waals surface area contributed by atoms with Gasteiger partial charge >= 0.3 is 6.18 Å². The van der Waals surface area contributed by atoms with E-state index in [1.165, 1.54) is 11.3 Å². The van der Waals surface area contributed by atoms with Crippen molar-refractivity contribution >= 4 is 11.3 Å². The summed E-state index contributed by atoms with van der Waals surface area (Å²) in [6.07, 6.45) is -3.48. The highest BCUT2D eigenvalue weighted by molar-refractivity contribution is 7.12. The molecule has 0 N–H and O–H groups in total. The van der Waals surface area contributed by atoms with E-state index in [-0.39, 0.29) is 6.04 Å². The summed E-state index contributed by atoms with van der Waals surface area (Å²) >= 11 is 1.31. The number of fused-ring (bicyclic) bond motifs is 4. The second kappa shape index (κ2) is 6.46. The van der Waals surface area contributed by atoms with Gasteiger partial charge in [0.1, 0.15) is 11.5 Å². The molecule has 0 saturated carbocycles. The van der Waals surface area contributed by atoms with Crippen LogP contribution in [0, 0.1) is 0 Å². The van der Waals surface area contributed by atoms with Crippen LogP contribution in [0.2, 0.25) is 0 Å². The molecule has 1 unspecified atom stereocenters. The van der Waals surface area contributed by atoms with Gasteiger partial charge in [-0.15, -0.1) is 11.3 Å². The van der Waals surface area contributed by atoms with Gasteiger partial charge in [-0.05, 0) is 36.6 Å². The summed E-state index contributed by atoms with van der Waals surface area (Å²) in [6, 6.07) is 5.69. The van der Waals surface area contributed by atoms with Crippen LogP contribution in [-0.2, 0) is 25.8 Å². The predicted octanol–water partition coefficient (Wildman–Crippen LogP) is 4.53. The molecule has 1 atom stereocenters. The Labute approximate surface area is 154 Å². The SMILES string of the molecule is COc1ccc(OC)c2c1CC1c3cc(CC(F)(F)F)sc3CCN1C2. The molecule has 0 aliphatic carbocycles. The van der Waals surface area contributed by atoms with E-state index in [4.69, 9.17) is 9.47 Å². The van der Waals surface area contributed by atoms with E-state index in [2.05, 4.69) is 4.90 Å². The maximum Gasteiger partial charge on any atom is 0.393 e. The van der Waals surface area contributed by atoms with Crippen LogP contribution in [0.1, 0.15) is 32.5 Å². The zero-order chi connectivity index (χ0) is 18.5. The number of halogens is 3. The van der Waals surface area contributed by atoms with Crippen molar-refractivity contribution in [2.24, 2.45) is 0 Å². The highest BCUT2D eigenvalue weighted by Gasteiger charge is 2.37. The first kappa shape index (κ1) is 17.7. The summed E-state index contributed by atoms with van der Waals surface area (Å²) in [5.74, 6) is 1.66. The van der Waals surface area contributed by atoms with Gasteiger partial charge in [-0.25, -0.2) is 0 Å². The normalized spacial score (nSPS) is 19.5. The van der Waals surface area contributed by atoms with Crippen LogP contribution in [0.15, 0.2) is 18.2 Å². The van der Waals surface area contributed by atoms with Crippen molar-refractivity contribution in [2.45, 2.75) is 38.0 Å². The predicted molar refractivity (Wildman–Crippen MR) is 94.2 cm³/mol. The lowest BCUT2D eigenvalue weighted by molar-refractivity contribution is -0.126. The Hall–Kier alpha value is -1.73. The summed E-state index contributed by atoms with van der Waals surface area (Å²) in [4.78, 5) is 3.85. The number of ether oxygens (including phenoxy) is 2. The molecule has 4 rings (SSSR count). The molecule has 0 fully saturated rings. The molecule has 26 heavy (non-hydrogen) atoms. The number of methoxy groups -OCH3 is 2. The Balaban J connectivity index is 1.71. The fourth-order valence-corrected chi connectivity index (χ4v) is 5.36. The largest absolute Gasteiger partial charge is 0.496 e. The summed E-state index contributed by atoms with van der Waals surface area (Å²) in [5, 5.41) is 0. The van der Waals surface area contributed by atoms with Crippen molar-refractivity contribution in [2.75, 3.05) is 20.8 Å². The molecule has 0 bridgehead atoms. The van der Waals surface area contributed by atoms with Gasteiger partial charge in [0.15, 0.2) is 0 Å². The van der Waals surface area contributed by atoms with Crippen LogP contribution in [-0.4, -0.2) is 31.8 Å². The van der Waals surface area contributed by atoms with Gasteiger partial charge < -0.3 is 9.47 Å². The van der Waals surface area contributed by atoms with Crippen molar-refractivity contribution in [3.05, 3.63) is 44.6 Å². The molecule has 3 heterocycles. The summed E-state index contributed by atoms with van der Waals surface area (Å²) in [7, 11) is 3.30. The molecule has 0 amide bonds. The standard InChI is InChI=1S/C19H20F3NO2S/c1-24-16-3-4-17(25-2)14-10-23-6-5-18-13(15(23)8-12(14)16)7-11(26-18)9-19(20,21)22/h3-4,7,15H,5-6,8-10H2,1-2H3. The molecule has 3 nitrogen and oxygen atoms in total. The van der Waals surface area contributed by atoms with E-state index in [0.717, 1.165) is 59.0 Å². The topological polar surface area (TPSA) is 21.7 Å². The molecule has 0 radical (unpaired) electrons. The first-order valence-electron chi connectivity index (χ1n) is 8.54. The van der Waals surface area contributed by atoms with E-state index < -0.39 is 12.6 Å². The molecular formula is C19H20F3NO2S. The zero-order valence-electron chi connectivity index (χ0n) is 14.7. The second-order valence-corrected chi connectivity index (χ2v) is 7.97. The number of benzene rings is 1. The third kappa shape index (κ3) is 3.07. The van der Waals surface area contributed by atoms with Crippen molar-refractivity contribution in [1.82, 2.24) is 4.90 Å². The summed E-state index contributed by atoms with van der Waals surface area (Å²) in [6.45, 7) is 1.58. The molecule has 0 saturated heterocycles. The maximum absolute atomic E-state index is 12.8. The smallest absolute Gasteiger partial charge is 0.393 e. The minimum absolute atomic E-state index is 0.102. The summed E-state index contributed by atoms with van der Waals surface area (Å²) in [5.41, 5.74) is 3.28. The Bertz CT molecular complexity index is 831. The molecule has 0 spiro atoms. The van der Waals surface area contributed by atoms with Crippen LogP contribution in [0.5, 0.6) is 11.5 Å². The number of hydrogen-bond donors (Lipinski definition) is 0. The fraction of sp³-hybridized carbons (Fsp3) is 0.474. The highest BCUT2D eigenvalue weighted by atomic mass is 32.1. The van der Waals surface area contributed by atoms with Crippen LogP contribution < -0.4 is 9.47 Å². The first-order valence-corrected chi connectivity index (χ1v) is 9.36. The van der Waals surface area contributed by atoms with Gasteiger partial charge in [-0.1, -0.05) is 0 Å². The van der Waals surface area contributed by atoms with Gasteiger partial charge in [0.25, 0.3) is 0 Å². The van der Waals surface area contributed by atoms with Gasteiger partial charge in [0.2, 0.25) is 0 Å². The molecule has 1 aromatic carbocycles. The molecule has 140 valence electrons. The maximum atomic E-state index is 12.8. The average Bonchev–Trinajstić information content (AvgIpc) is 3.00. The summed E-state index contributed by atoms with van der Waals surface area (Å²) < 4.78 is 49.4. The number of nitrogens with zero attached hydrogens (tertiary/aromatic N) is 1. The van der Waals surface area contributed by atoms with Crippen LogP contribution in [0.3, 0.4) is 0 Å². The second-order valence-electron chi connectivity index (χ2n) is 6.75. The minimum atomic E-state index is -4.16. The van der Waals surface area contributed by atoms with Crippen molar-refractivity contribution in [3.8, 4) is 11.5 Å². The third-order valence-electron chi connectivity index (χ3n) is 5.24. The number of hydrogen-bond acceptors (Lipinski definition) is 4. The fourth-order valence-electron chi connectivity index (χ4n) is 4.11. The molecule has 2 aromatic rings. The number of thiophene rings is 1. The van der Waals surface area contributed by atoms with E-state index in [0.29, 0.717) is 4.88 Å². The molecule has 2 aliphatic heterocycles. The van der Waals surface area contributed by atoms with Crippen molar-refractivity contribution in [1.29, 1.82) is 0 Å². The average molecular weight is 383 g/mol. The van der Waals surface area contributed by atoms with Gasteiger partial charge in [0, 0.05) is 40.0 Å². The lowest BCUT2D eigenvalue weighted by Gasteiger charge is -2.41. The van der Waals surface area contributed by atoms with Crippen molar-refractivity contribution < 1.29 is 22.6 Å². The highest BCUT2D eigenvalue weighted by Crippen LogP contribution is 2.46. The minimum Gasteiger partial charge on any atom is -0.496 e. The molecule has 2 aliphatic rings. The molecule has 1 aromatic heterocycles. The van der Waals surface area contributed by atoms with Crippen LogP contribution in [0.25, 0.3) is 0 Å².